The average molecular weight is 239 g/mol. The first-order chi connectivity index (χ1) is 5.20. The van der Waals surface area contributed by atoms with E-state index < -0.39 is 0 Å². The van der Waals surface area contributed by atoms with Crippen LogP contribution in [0, 0.1) is 5.82 Å². The Balaban J connectivity index is 0.000000292. The smallest absolute Gasteiger partial charge is 0.208 e. The summed E-state index contributed by atoms with van der Waals surface area (Å²) in [7, 11) is 0. The summed E-state index contributed by atoms with van der Waals surface area (Å²) < 4.78 is 13.0. The number of halogens is 3. The summed E-state index contributed by atoms with van der Waals surface area (Å²) in [6.45, 7) is 0. The Bertz CT molecular complexity index is 191. The number of carbonyl (C=O) groups excluding carboxylic acids is 1. The van der Waals surface area contributed by atoms with Crippen LogP contribution >= 0.6 is 27.5 Å². The zero-order valence-electron chi connectivity index (χ0n) is 5.43. The molecule has 1 rings (SSSR count). The monoisotopic (exact) mass is 238 g/mol. The molecule has 0 aliphatic carbocycles. The van der Waals surface area contributed by atoms with Gasteiger partial charge >= 0.3 is 0 Å². The second kappa shape index (κ2) is 6.31. The van der Waals surface area contributed by atoms with Crippen molar-refractivity contribution in [2.45, 2.75) is 0 Å². The van der Waals surface area contributed by atoms with Gasteiger partial charge in [0.05, 0.1) is 0 Å². The topological polar surface area (TPSA) is 17.1 Å². The van der Waals surface area contributed by atoms with Gasteiger partial charge in [0, 0.05) is 4.47 Å². The lowest BCUT2D eigenvalue weighted by molar-refractivity contribution is 0.569. The van der Waals surface area contributed by atoms with E-state index >= 15 is 0 Å². The Morgan fingerprint density at radius 2 is 1.73 bits per heavy atom. The van der Waals surface area contributed by atoms with Gasteiger partial charge in [0.1, 0.15) is 5.82 Å². The van der Waals surface area contributed by atoms with Gasteiger partial charge in [0.25, 0.3) is 0 Å². The summed E-state index contributed by atoms with van der Waals surface area (Å²) in [6, 6.07) is 6.14. The Morgan fingerprint density at radius 3 is 2.00 bits per heavy atom. The van der Waals surface area contributed by atoms with Crippen LogP contribution in [0.3, 0.4) is 0 Å². The summed E-state index contributed by atoms with van der Waals surface area (Å²) >= 11 is 7.50. The summed E-state index contributed by atoms with van der Waals surface area (Å²) in [5.41, 5.74) is 0. The third-order valence-corrected chi connectivity index (χ3v) is 1.33. The molecule has 0 amide bonds. The van der Waals surface area contributed by atoms with Gasteiger partial charge in [-0.05, 0) is 35.9 Å². The molecule has 0 aromatic heterocycles. The Morgan fingerprint density at radius 1 is 1.36 bits per heavy atom. The van der Waals surface area contributed by atoms with E-state index in [-0.39, 0.29) is 11.6 Å². The largest absolute Gasteiger partial charge is 0.285 e. The highest BCUT2D eigenvalue weighted by molar-refractivity contribution is 9.10. The minimum atomic E-state index is -0.201. The summed E-state index contributed by atoms with van der Waals surface area (Å²) in [5.74, 6) is 0.0215. The normalized spacial score (nSPS) is 7.91. The van der Waals surface area contributed by atoms with Gasteiger partial charge in [-0.1, -0.05) is 15.9 Å². The van der Waals surface area contributed by atoms with Crippen LogP contribution < -0.4 is 0 Å². The van der Waals surface area contributed by atoms with Gasteiger partial charge in [-0.3, -0.25) is 4.79 Å². The quantitative estimate of drug-likeness (QED) is 0.502. The minimum Gasteiger partial charge on any atom is -0.285 e. The molecule has 0 aliphatic heterocycles. The maximum absolute atomic E-state index is 12.1. The molecule has 0 aliphatic rings. The predicted molar refractivity (Wildman–Crippen MR) is 46.7 cm³/mol. The second-order valence-corrected chi connectivity index (χ2v) is 2.62. The highest BCUT2D eigenvalue weighted by Crippen LogP contribution is 2.08. The molecule has 1 aromatic carbocycles. The molecule has 0 radical (unpaired) electrons. The van der Waals surface area contributed by atoms with Crippen LogP contribution in [-0.4, -0.2) is 5.75 Å². The molecule has 4 heteroatoms. The molecule has 0 heterocycles. The zero-order valence-corrected chi connectivity index (χ0v) is 7.77. The Hall–Kier alpha value is -0.410. The molecular formula is C7H5BrClFO. The number of rotatable bonds is 0. The van der Waals surface area contributed by atoms with Crippen molar-refractivity contribution >= 4 is 33.3 Å². The lowest BCUT2D eigenvalue weighted by atomic mass is 10.4. The van der Waals surface area contributed by atoms with E-state index in [0.717, 1.165) is 4.47 Å². The van der Waals surface area contributed by atoms with E-state index in [9.17, 15) is 4.39 Å². The third-order valence-electron chi connectivity index (χ3n) is 0.804. The Labute approximate surface area is 77.3 Å². The maximum atomic E-state index is 12.1. The molecule has 0 N–H and O–H groups in total. The number of hydrogen-bond donors (Lipinski definition) is 0. The van der Waals surface area contributed by atoms with E-state index in [0.29, 0.717) is 0 Å². The van der Waals surface area contributed by atoms with Crippen molar-refractivity contribution in [3.8, 4) is 0 Å². The highest BCUT2D eigenvalue weighted by Gasteiger charge is 1.84. The zero-order chi connectivity index (χ0) is 8.69. The molecule has 0 saturated heterocycles. The van der Waals surface area contributed by atoms with Gasteiger partial charge in [-0.2, -0.15) is 0 Å². The molecule has 60 valence electrons. The van der Waals surface area contributed by atoms with Gasteiger partial charge in [0.2, 0.25) is 5.75 Å². The van der Waals surface area contributed by atoms with Crippen molar-refractivity contribution in [1.29, 1.82) is 0 Å². The molecular weight excluding hydrogens is 234 g/mol. The van der Waals surface area contributed by atoms with Crippen LogP contribution in [0.25, 0.3) is 0 Å². The van der Waals surface area contributed by atoms with Crippen molar-refractivity contribution in [2.24, 2.45) is 0 Å². The van der Waals surface area contributed by atoms with E-state index in [4.69, 9.17) is 4.79 Å². The molecule has 0 bridgehead atoms. The fourth-order valence-electron chi connectivity index (χ4n) is 0.430. The standard InChI is InChI=1S/C6H4BrF.CHClO/c7-5-1-3-6(8)4-2-5;2-1-3/h1-4H;1H. The number of carbonyl (C=O) groups is 1. The van der Waals surface area contributed by atoms with Crippen LogP contribution in [-0.2, 0) is 4.79 Å². The summed E-state index contributed by atoms with van der Waals surface area (Å²) in [5, 5.41) is 0. The number of hydrogen-bond acceptors (Lipinski definition) is 1. The molecule has 11 heavy (non-hydrogen) atoms. The summed E-state index contributed by atoms with van der Waals surface area (Å²) in [4.78, 5) is 8.57. The van der Waals surface area contributed by atoms with Crippen LogP contribution in [0.5, 0.6) is 0 Å². The molecule has 0 saturated carbocycles. The molecule has 1 aromatic rings. The first-order valence-corrected chi connectivity index (χ1v) is 3.88. The fourth-order valence-corrected chi connectivity index (χ4v) is 0.694. The first kappa shape index (κ1) is 10.6. The molecule has 0 atom stereocenters. The van der Waals surface area contributed by atoms with E-state index in [2.05, 4.69) is 27.5 Å². The van der Waals surface area contributed by atoms with Crippen molar-refractivity contribution in [1.82, 2.24) is 0 Å². The number of benzene rings is 1. The minimum absolute atomic E-state index is 0.201. The molecule has 0 fully saturated rings. The van der Waals surface area contributed by atoms with Gasteiger partial charge in [-0.25, -0.2) is 4.39 Å². The van der Waals surface area contributed by atoms with E-state index in [1.807, 2.05) is 0 Å². The van der Waals surface area contributed by atoms with Crippen LogP contribution in [0.15, 0.2) is 28.7 Å². The van der Waals surface area contributed by atoms with E-state index in [1.54, 1.807) is 12.1 Å². The highest BCUT2D eigenvalue weighted by atomic mass is 79.9. The summed E-state index contributed by atoms with van der Waals surface area (Å²) in [6.07, 6.45) is 0. The SMILES string of the molecule is Fc1ccc(Br)cc1.O=CCl. The molecule has 1 nitrogen and oxygen atoms in total. The van der Waals surface area contributed by atoms with Gasteiger partial charge in [-0.15, -0.1) is 0 Å². The predicted octanol–water partition coefficient (Wildman–Crippen LogP) is 3.00. The Kier molecular flexibility index (Phi) is 6.07. The second-order valence-electron chi connectivity index (χ2n) is 1.53. The van der Waals surface area contributed by atoms with Gasteiger partial charge < -0.3 is 0 Å². The van der Waals surface area contributed by atoms with Crippen molar-refractivity contribution in [3.63, 3.8) is 0 Å². The lowest BCUT2D eigenvalue weighted by Crippen LogP contribution is -1.67. The van der Waals surface area contributed by atoms with Crippen LogP contribution in [0.4, 0.5) is 4.39 Å². The van der Waals surface area contributed by atoms with Crippen LogP contribution in [0.1, 0.15) is 0 Å². The molecule has 0 unspecified atom stereocenters. The lowest BCUT2D eigenvalue weighted by Gasteiger charge is -1.85. The first-order valence-electron chi connectivity index (χ1n) is 2.65. The van der Waals surface area contributed by atoms with Gasteiger partial charge in [0.15, 0.2) is 0 Å². The van der Waals surface area contributed by atoms with E-state index in [1.165, 1.54) is 12.1 Å². The third kappa shape index (κ3) is 6.01. The van der Waals surface area contributed by atoms with Crippen molar-refractivity contribution in [3.05, 3.63) is 34.6 Å². The van der Waals surface area contributed by atoms with Crippen molar-refractivity contribution < 1.29 is 9.18 Å². The average Bonchev–Trinajstić information content (AvgIpc) is 1.97. The molecule has 0 spiro atoms. The maximum Gasteiger partial charge on any atom is 0.208 e. The van der Waals surface area contributed by atoms with Crippen molar-refractivity contribution in [2.75, 3.05) is 0 Å². The van der Waals surface area contributed by atoms with Crippen LogP contribution in [0.2, 0.25) is 0 Å². The fraction of sp³-hybridized carbons (Fsp3) is 0.